The zero-order chi connectivity index (χ0) is 64.5. The molecular weight excluding hydrogens is 1120 g/mol. The molecular formula is C75H143NO13. The molecule has 0 radical (unpaired) electrons. The van der Waals surface area contributed by atoms with E-state index in [1.54, 1.807) is 0 Å². The molecule has 0 aromatic carbocycles. The smallest absolute Gasteiger partial charge is 0.220 e. The third kappa shape index (κ3) is 44.0. The topological polar surface area (TPSA) is 228 Å². The molecule has 0 aromatic heterocycles. The molecule has 2 fully saturated rings. The Labute approximate surface area is 545 Å². The van der Waals surface area contributed by atoms with E-state index in [0.29, 0.717) is 12.8 Å². The van der Waals surface area contributed by atoms with Crippen molar-refractivity contribution in [3.63, 3.8) is 0 Å². The third-order valence-corrected chi connectivity index (χ3v) is 18.9. The summed E-state index contributed by atoms with van der Waals surface area (Å²) in [5, 5.41) is 87.7. The Bertz CT molecular complexity index is 1590. The number of amides is 1. The van der Waals surface area contributed by atoms with Crippen molar-refractivity contribution in [1.82, 2.24) is 5.32 Å². The van der Waals surface area contributed by atoms with Crippen LogP contribution in [0.3, 0.4) is 0 Å². The Hall–Kier alpha value is -1.53. The average molecular weight is 1270 g/mol. The Kier molecular flexibility index (Phi) is 56.5. The maximum atomic E-state index is 13.4. The van der Waals surface area contributed by atoms with Gasteiger partial charge in [0.25, 0.3) is 0 Å². The van der Waals surface area contributed by atoms with E-state index >= 15 is 0 Å². The average Bonchev–Trinajstić information content (AvgIpc) is 3.62. The number of ether oxygens (including phenoxy) is 4. The highest BCUT2D eigenvalue weighted by Gasteiger charge is 2.51. The van der Waals surface area contributed by atoms with Crippen LogP contribution in [0.1, 0.15) is 354 Å². The van der Waals surface area contributed by atoms with E-state index in [4.69, 9.17) is 18.9 Å². The lowest BCUT2D eigenvalue weighted by atomic mass is 9.97. The number of hydrogen-bond acceptors (Lipinski definition) is 13. The van der Waals surface area contributed by atoms with Gasteiger partial charge in [-0.15, -0.1) is 0 Å². The van der Waals surface area contributed by atoms with Gasteiger partial charge in [0.15, 0.2) is 12.6 Å². The predicted molar refractivity (Wildman–Crippen MR) is 365 cm³/mol. The van der Waals surface area contributed by atoms with Gasteiger partial charge in [-0.1, -0.05) is 327 Å². The van der Waals surface area contributed by atoms with Crippen LogP contribution in [0.2, 0.25) is 0 Å². The standard InChI is InChI=1S/C75H143NO13/c1-3-5-7-9-11-13-15-17-19-21-23-25-26-27-28-29-30-31-32-33-34-35-36-37-38-39-41-43-45-47-49-51-53-55-57-59-67(80)76-63(64(79)58-56-54-52-50-48-46-44-42-40-24-22-20-18-16-14-12-10-8-6-4-2)62-86-74-72(85)70(83)73(66(61-78)88-74)89-75-71(84)69(82)68(81)65(60-77)87-75/h15,17,21,23,63-66,68-75,77-79,81-85H,3-14,16,18-20,22,24-62H2,1-2H3,(H,76,80)/b17-15-,23-21-. The van der Waals surface area contributed by atoms with Gasteiger partial charge in [0, 0.05) is 6.42 Å². The molecule has 0 aromatic rings. The first kappa shape index (κ1) is 83.6. The molecule has 2 aliphatic heterocycles. The maximum Gasteiger partial charge on any atom is 0.220 e. The fraction of sp³-hybridized carbons (Fsp3) is 0.933. The van der Waals surface area contributed by atoms with Gasteiger partial charge in [-0.05, 0) is 44.9 Å². The Morgan fingerprint density at radius 2 is 0.742 bits per heavy atom. The predicted octanol–water partition coefficient (Wildman–Crippen LogP) is 16.3. The Morgan fingerprint density at radius 3 is 1.12 bits per heavy atom. The van der Waals surface area contributed by atoms with Crippen LogP contribution >= 0.6 is 0 Å². The first-order valence-corrected chi connectivity index (χ1v) is 38.1. The summed E-state index contributed by atoms with van der Waals surface area (Å²) in [5.41, 5.74) is 0. The van der Waals surface area contributed by atoms with Crippen LogP contribution in [-0.2, 0) is 23.7 Å². The highest BCUT2D eigenvalue weighted by molar-refractivity contribution is 5.76. The number of rotatable bonds is 64. The van der Waals surface area contributed by atoms with E-state index in [1.807, 2.05) is 0 Å². The first-order chi connectivity index (χ1) is 43.6. The van der Waals surface area contributed by atoms with E-state index in [-0.39, 0.29) is 12.5 Å². The van der Waals surface area contributed by atoms with Crippen LogP contribution < -0.4 is 5.32 Å². The zero-order valence-electron chi connectivity index (χ0n) is 57.5. The van der Waals surface area contributed by atoms with Crippen LogP contribution in [0.15, 0.2) is 24.3 Å². The van der Waals surface area contributed by atoms with Gasteiger partial charge in [0.05, 0.1) is 32.0 Å². The number of aliphatic hydroxyl groups is 8. The molecule has 12 atom stereocenters. The molecule has 2 heterocycles. The third-order valence-electron chi connectivity index (χ3n) is 18.9. The monoisotopic (exact) mass is 1270 g/mol. The molecule has 0 spiro atoms. The Balaban J connectivity index is 1.59. The van der Waals surface area contributed by atoms with Crippen LogP contribution in [0.25, 0.3) is 0 Å². The normalized spacial score (nSPS) is 23.1. The molecule has 14 nitrogen and oxygen atoms in total. The lowest BCUT2D eigenvalue weighted by molar-refractivity contribution is -0.359. The van der Waals surface area contributed by atoms with Crippen LogP contribution in [-0.4, -0.2) is 140 Å². The zero-order valence-corrected chi connectivity index (χ0v) is 57.5. The van der Waals surface area contributed by atoms with Crippen molar-refractivity contribution < 1.29 is 64.6 Å². The van der Waals surface area contributed by atoms with Crippen molar-refractivity contribution in [1.29, 1.82) is 0 Å². The summed E-state index contributed by atoms with van der Waals surface area (Å²) in [6.07, 6.45) is 59.3. The number of nitrogens with one attached hydrogen (secondary N) is 1. The highest BCUT2D eigenvalue weighted by Crippen LogP contribution is 2.30. The summed E-state index contributed by atoms with van der Waals surface area (Å²) in [4.78, 5) is 13.4. The lowest BCUT2D eigenvalue weighted by Gasteiger charge is -2.46. The van der Waals surface area contributed by atoms with Crippen molar-refractivity contribution in [2.75, 3.05) is 19.8 Å². The lowest BCUT2D eigenvalue weighted by Crippen LogP contribution is -2.65. The number of carbonyl (C=O) groups excluding carboxylic acids is 1. The second-order valence-electron chi connectivity index (χ2n) is 27.1. The van der Waals surface area contributed by atoms with Gasteiger partial charge in [-0.2, -0.15) is 0 Å². The highest BCUT2D eigenvalue weighted by atomic mass is 16.7. The van der Waals surface area contributed by atoms with Crippen molar-refractivity contribution in [2.24, 2.45) is 0 Å². The summed E-state index contributed by atoms with van der Waals surface area (Å²) in [7, 11) is 0. The van der Waals surface area contributed by atoms with Gasteiger partial charge in [0.1, 0.15) is 48.8 Å². The first-order valence-electron chi connectivity index (χ1n) is 38.1. The van der Waals surface area contributed by atoms with E-state index < -0.39 is 86.8 Å². The number of unbranched alkanes of at least 4 members (excludes halogenated alkanes) is 47. The molecule has 1 amide bonds. The molecule has 0 bridgehead atoms. The minimum absolute atomic E-state index is 0.198. The van der Waals surface area contributed by atoms with Gasteiger partial charge in [-0.25, -0.2) is 0 Å². The van der Waals surface area contributed by atoms with Crippen LogP contribution in [0.4, 0.5) is 0 Å². The molecule has 9 N–H and O–H groups in total. The quantitative estimate of drug-likeness (QED) is 0.0204. The molecule has 2 aliphatic rings. The summed E-state index contributed by atoms with van der Waals surface area (Å²) < 4.78 is 23.0. The van der Waals surface area contributed by atoms with Crippen LogP contribution in [0, 0.1) is 0 Å². The molecule has 2 rings (SSSR count). The fourth-order valence-corrected chi connectivity index (χ4v) is 12.9. The Morgan fingerprint density at radius 1 is 0.404 bits per heavy atom. The molecule has 526 valence electrons. The number of aliphatic hydroxyl groups excluding tert-OH is 8. The summed E-state index contributed by atoms with van der Waals surface area (Å²) in [6.45, 7) is 2.91. The van der Waals surface area contributed by atoms with Crippen LogP contribution in [0.5, 0.6) is 0 Å². The van der Waals surface area contributed by atoms with Gasteiger partial charge in [-0.3, -0.25) is 4.79 Å². The van der Waals surface area contributed by atoms with Crippen molar-refractivity contribution in [3.05, 3.63) is 24.3 Å². The SMILES string of the molecule is CCCCCCC/C=C\C/C=C\CCCCCCCCCCCCCCCCCCCCCCCCCC(=O)NC(COC1OC(CO)C(OC2OC(CO)C(O)C(O)C2O)C(O)C1O)C(O)CCCCCCCCCCCCCCCCCCCCCC. The summed E-state index contributed by atoms with van der Waals surface area (Å²) >= 11 is 0. The molecule has 12 unspecified atom stereocenters. The number of carbonyl (C=O) groups is 1. The largest absolute Gasteiger partial charge is 0.394 e. The minimum atomic E-state index is -1.78. The van der Waals surface area contributed by atoms with E-state index in [0.717, 1.165) is 57.8 Å². The molecule has 0 aliphatic carbocycles. The van der Waals surface area contributed by atoms with E-state index in [2.05, 4.69) is 43.5 Å². The van der Waals surface area contributed by atoms with Crippen molar-refractivity contribution in [2.45, 2.75) is 428 Å². The van der Waals surface area contributed by atoms with Gasteiger partial charge in [0.2, 0.25) is 5.91 Å². The van der Waals surface area contributed by atoms with Crippen molar-refractivity contribution >= 4 is 5.91 Å². The van der Waals surface area contributed by atoms with Crippen molar-refractivity contribution in [3.8, 4) is 0 Å². The second-order valence-corrected chi connectivity index (χ2v) is 27.1. The molecule has 2 saturated heterocycles. The molecule has 89 heavy (non-hydrogen) atoms. The summed E-state index contributed by atoms with van der Waals surface area (Å²) in [6, 6.07) is -0.827. The maximum absolute atomic E-state index is 13.4. The van der Waals surface area contributed by atoms with E-state index in [9.17, 15) is 45.6 Å². The van der Waals surface area contributed by atoms with Gasteiger partial charge < -0.3 is 65.1 Å². The molecule has 0 saturated carbocycles. The fourth-order valence-electron chi connectivity index (χ4n) is 12.9. The second kappa shape index (κ2) is 60.2. The minimum Gasteiger partial charge on any atom is -0.394 e. The molecule has 14 heteroatoms. The number of hydrogen-bond donors (Lipinski definition) is 9. The van der Waals surface area contributed by atoms with Gasteiger partial charge >= 0.3 is 0 Å². The van der Waals surface area contributed by atoms with E-state index in [1.165, 1.54) is 270 Å². The summed E-state index contributed by atoms with van der Waals surface area (Å²) in [5.74, 6) is -0.198. The number of allylic oxidation sites excluding steroid dienone is 4.